The number of allylic oxidation sites excluding steroid dienone is 4. The molecule has 40 heavy (non-hydrogen) atoms. The number of ether oxygens (including phenoxy) is 3. The Morgan fingerprint density at radius 3 is 1.57 bits per heavy atom. The first-order chi connectivity index (χ1) is 19.2. The summed E-state index contributed by atoms with van der Waals surface area (Å²) in [5.41, 5.74) is 7.44. The van der Waals surface area contributed by atoms with E-state index >= 15 is 0 Å². The first kappa shape index (κ1) is 28.8. The number of fused-ring (bicyclic) bond motifs is 2. The van der Waals surface area contributed by atoms with Crippen LogP contribution < -0.4 is 0 Å². The number of hydrogen-bond acceptors (Lipinski definition) is 4. The Morgan fingerprint density at radius 1 is 0.525 bits per heavy atom. The first-order valence-corrected chi connectivity index (χ1v) is 15.6. The summed E-state index contributed by atoms with van der Waals surface area (Å²) in [5, 5.41) is 0. The van der Waals surface area contributed by atoms with E-state index in [4.69, 9.17) is 14.2 Å². The van der Waals surface area contributed by atoms with E-state index in [9.17, 15) is 0 Å². The topological polar surface area (TPSA) is 40.6 Å². The van der Waals surface area contributed by atoms with Crippen LogP contribution >= 0.6 is 0 Å². The smallest absolute Gasteiger partial charge is 0.137 e. The molecule has 4 heteroatoms. The van der Waals surface area contributed by atoms with Gasteiger partial charge in [0.25, 0.3) is 0 Å². The van der Waals surface area contributed by atoms with Crippen LogP contribution in [0.25, 0.3) is 0 Å². The van der Waals surface area contributed by atoms with Crippen LogP contribution in [0.3, 0.4) is 0 Å². The number of benzene rings is 1. The second-order valence-electron chi connectivity index (χ2n) is 12.7. The van der Waals surface area contributed by atoms with Crippen molar-refractivity contribution >= 4 is 0 Å². The van der Waals surface area contributed by atoms with Crippen molar-refractivity contribution in [1.29, 1.82) is 0 Å². The van der Waals surface area contributed by atoms with Gasteiger partial charge in [-0.2, -0.15) is 0 Å². The molecule has 8 unspecified atom stereocenters. The SMILES string of the molecule is CC1C2=C(OCCC2)C1C.CC1C2=C(OCCO2)C1C.CC1c2ccccc2C1C.CC1c2cccnc2C1C. The summed E-state index contributed by atoms with van der Waals surface area (Å²) in [7, 11) is 0. The van der Waals surface area contributed by atoms with Gasteiger partial charge in [0, 0.05) is 35.6 Å². The monoisotopic (exact) mass is 543 g/mol. The van der Waals surface area contributed by atoms with Gasteiger partial charge in [-0.25, -0.2) is 0 Å². The molecule has 1 aromatic carbocycles. The fourth-order valence-corrected chi connectivity index (χ4v) is 6.87. The fourth-order valence-electron chi connectivity index (χ4n) is 6.87. The molecule has 0 bridgehead atoms. The lowest BCUT2D eigenvalue weighted by molar-refractivity contribution is -0.0143. The molecule has 3 heterocycles. The molecule has 6 aliphatic rings. The Kier molecular flexibility index (Phi) is 8.63. The van der Waals surface area contributed by atoms with Crippen molar-refractivity contribution in [2.24, 2.45) is 23.7 Å². The highest BCUT2D eigenvalue weighted by Crippen LogP contribution is 2.46. The molecule has 1 aromatic heterocycles. The lowest BCUT2D eigenvalue weighted by Crippen LogP contribution is -2.34. The van der Waals surface area contributed by atoms with Crippen LogP contribution in [-0.2, 0) is 14.2 Å². The van der Waals surface area contributed by atoms with E-state index in [0.717, 1.165) is 55.0 Å². The zero-order valence-corrected chi connectivity index (χ0v) is 25.9. The molecular formula is C36H49NO3. The predicted molar refractivity (Wildman–Crippen MR) is 162 cm³/mol. The number of aromatic nitrogens is 1. The molecule has 4 nitrogen and oxygen atoms in total. The van der Waals surface area contributed by atoms with Crippen molar-refractivity contribution < 1.29 is 14.2 Å². The molecule has 0 amide bonds. The van der Waals surface area contributed by atoms with Crippen molar-refractivity contribution in [3.05, 3.63) is 87.8 Å². The maximum absolute atomic E-state index is 5.54. The van der Waals surface area contributed by atoms with E-state index in [0.29, 0.717) is 23.7 Å². The van der Waals surface area contributed by atoms with E-state index in [1.165, 1.54) is 29.9 Å². The highest BCUT2D eigenvalue weighted by atomic mass is 16.6. The van der Waals surface area contributed by atoms with Gasteiger partial charge < -0.3 is 14.2 Å². The first-order valence-electron chi connectivity index (χ1n) is 15.6. The number of nitrogens with zero attached hydrogens (tertiary/aromatic N) is 1. The van der Waals surface area contributed by atoms with Crippen LogP contribution in [0.15, 0.2) is 65.4 Å². The zero-order valence-electron chi connectivity index (χ0n) is 25.9. The molecule has 0 fully saturated rings. The summed E-state index contributed by atoms with van der Waals surface area (Å²) in [5.74, 6) is 9.15. The molecular weight excluding hydrogens is 494 g/mol. The highest BCUT2D eigenvalue weighted by molar-refractivity contribution is 5.43. The lowest BCUT2D eigenvalue weighted by atomic mass is 9.70. The minimum Gasteiger partial charge on any atom is -0.498 e. The summed E-state index contributed by atoms with van der Waals surface area (Å²) < 4.78 is 16.4. The van der Waals surface area contributed by atoms with Gasteiger partial charge in [0.05, 0.1) is 12.4 Å². The van der Waals surface area contributed by atoms with Gasteiger partial charge in [-0.15, -0.1) is 0 Å². The van der Waals surface area contributed by atoms with Gasteiger partial charge in [0.1, 0.15) is 24.7 Å². The molecule has 4 aliphatic carbocycles. The van der Waals surface area contributed by atoms with Crippen LogP contribution in [-0.4, -0.2) is 24.8 Å². The molecule has 0 spiro atoms. The summed E-state index contributed by atoms with van der Waals surface area (Å²) in [4.78, 5) is 4.30. The van der Waals surface area contributed by atoms with Gasteiger partial charge in [-0.3, -0.25) is 4.98 Å². The molecule has 0 radical (unpaired) electrons. The molecule has 0 N–H and O–H groups in total. The third-order valence-electron chi connectivity index (χ3n) is 10.6. The van der Waals surface area contributed by atoms with E-state index in [-0.39, 0.29) is 0 Å². The van der Waals surface area contributed by atoms with Crippen LogP contribution in [0, 0.1) is 23.7 Å². The quantitative estimate of drug-likeness (QED) is 0.332. The van der Waals surface area contributed by atoms with Crippen LogP contribution in [0.1, 0.15) is 114 Å². The molecule has 8 atom stereocenters. The lowest BCUT2D eigenvalue weighted by Gasteiger charge is -2.40. The highest BCUT2D eigenvalue weighted by Gasteiger charge is 2.39. The number of hydrogen-bond donors (Lipinski definition) is 0. The zero-order chi connectivity index (χ0) is 28.6. The van der Waals surface area contributed by atoms with Crippen LogP contribution in [0.5, 0.6) is 0 Å². The Balaban J connectivity index is 0.000000108. The molecule has 0 saturated heterocycles. The summed E-state index contributed by atoms with van der Waals surface area (Å²) in [6.45, 7) is 20.4. The van der Waals surface area contributed by atoms with Gasteiger partial charge >= 0.3 is 0 Å². The van der Waals surface area contributed by atoms with Gasteiger partial charge in [0.15, 0.2) is 0 Å². The third kappa shape index (κ3) is 5.19. The van der Waals surface area contributed by atoms with Crippen molar-refractivity contribution in [3.8, 4) is 0 Å². The van der Waals surface area contributed by atoms with Gasteiger partial charge in [-0.05, 0) is 64.8 Å². The average Bonchev–Trinajstić information content (AvgIpc) is 3.03. The van der Waals surface area contributed by atoms with Gasteiger partial charge in [0.2, 0.25) is 0 Å². The Hall–Kier alpha value is -2.75. The van der Waals surface area contributed by atoms with Crippen molar-refractivity contribution in [1.82, 2.24) is 4.98 Å². The van der Waals surface area contributed by atoms with E-state index < -0.39 is 0 Å². The average molecular weight is 544 g/mol. The second-order valence-corrected chi connectivity index (χ2v) is 12.7. The van der Waals surface area contributed by atoms with E-state index in [2.05, 4.69) is 90.7 Å². The summed E-state index contributed by atoms with van der Waals surface area (Å²) in [6, 6.07) is 12.9. The number of rotatable bonds is 0. The third-order valence-corrected chi connectivity index (χ3v) is 10.6. The van der Waals surface area contributed by atoms with E-state index in [1.807, 2.05) is 12.3 Å². The molecule has 2 aromatic rings. The largest absolute Gasteiger partial charge is 0.498 e. The molecule has 8 rings (SSSR count). The predicted octanol–water partition coefficient (Wildman–Crippen LogP) is 9.08. The maximum atomic E-state index is 5.54. The summed E-state index contributed by atoms with van der Waals surface area (Å²) in [6.07, 6.45) is 4.40. The second kappa shape index (κ2) is 12.0. The minimum atomic E-state index is 0.579. The molecule has 216 valence electrons. The standard InChI is InChI=1S/C10H12.C9H11N.C9H14O.C8H12O2/c1-7-8(2)10-6-4-3-5-9(7)10;2*1-6-7(2)9-8(6)4-3-5-10-9;1-5-6(2)8-7(5)9-3-4-10-8/h3-8H,1-2H3;3-7H,1-2H3;6-7H,3-5H2,1-2H3;5-6H,3-4H2,1-2H3. The Morgan fingerprint density at radius 2 is 1.02 bits per heavy atom. The van der Waals surface area contributed by atoms with Crippen molar-refractivity contribution in [2.45, 2.75) is 91.9 Å². The normalized spacial score (nSPS) is 33.4. The minimum absolute atomic E-state index is 0.579. The number of pyridine rings is 1. The Labute approximate surface area is 242 Å². The Bertz CT molecular complexity index is 1070. The van der Waals surface area contributed by atoms with Gasteiger partial charge in [-0.1, -0.05) is 85.7 Å². The van der Waals surface area contributed by atoms with Crippen molar-refractivity contribution in [2.75, 3.05) is 19.8 Å². The van der Waals surface area contributed by atoms with Crippen molar-refractivity contribution in [3.63, 3.8) is 0 Å². The summed E-state index contributed by atoms with van der Waals surface area (Å²) >= 11 is 0. The van der Waals surface area contributed by atoms with Crippen LogP contribution in [0.4, 0.5) is 0 Å². The maximum Gasteiger partial charge on any atom is 0.137 e. The molecule has 0 saturated carbocycles. The fraction of sp³-hybridized carbons (Fsp3) is 0.583. The van der Waals surface area contributed by atoms with Crippen LogP contribution in [0.2, 0.25) is 0 Å². The van der Waals surface area contributed by atoms with E-state index in [1.54, 1.807) is 16.7 Å². The molecule has 2 aliphatic heterocycles.